The molecular formula is C8H15NO4. The van der Waals surface area contributed by atoms with Gasteiger partial charge in [-0.1, -0.05) is 13.3 Å². The third-order valence-electron chi connectivity index (χ3n) is 1.95. The van der Waals surface area contributed by atoms with Gasteiger partial charge in [0.25, 0.3) is 0 Å². The molecule has 1 heterocycles. The quantitative estimate of drug-likeness (QED) is 0.719. The van der Waals surface area contributed by atoms with Crippen molar-refractivity contribution in [3.63, 3.8) is 0 Å². The first-order valence-corrected chi connectivity index (χ1v) is 4.44. The van der Waals surface area contributed by atoms with Crippen LogP contribution in [0.1, 0.15) is 19.8 Å². The fourth-order valence-corrected chi connectivity index (χ4v) is 1.19. The fraction of sp³-hybridized carbons (Fsp3) is 0.875. The first-order valence-electron chi connectivity index (χ1n) is 4.44. The topological polar surface area (TPSA) is 59.0 Å². The Morgan fingerprint density at radius 1 is 1.69 bits per heavy atom. The highest BCUT2D eigenvalue weighted by Gasteiger charge is 2.27. The zero-order valence-corrected chi connectivity index (χ0v) is 7.73. The number of carbonyl (C=O) groups is 1. The second kappa shape index (κ2) is 5.04. The molecule has 5 heteroatoms. The standard InChI is InChI=1S/C8H15NO4/c1-2-3-4-9(8(10)11)7-5-12-6-13-7/h7H,2-6H2,1H3,(H,10,11). The summed E-state index contributed by atoms with van der Waals surface area (Å²) in [5, 5.41) is 8.85. The van der Waals surface area contributed by atoms with Crippen LogP contribution in [0.2, 0.25) is 0 Å². The summed E-state index contributed by atoms with van der Waals surface area (Å²) < 4.78 is 10.0. The lowest BCUT2D eigenvalue weighted by atomic mass is 10.3. The Balaban J connectivity index is 2.40. The molecule has 0 bridgehead atoms. The van der Waals surface area contributed by atoms with Gasteiger partial charge in [0.05, 0.1) is 6.61 Å². The molecule has 1 aliphatic rings. The molecule has 13 heavy (non-hydrogen) atoms. The number of rotatable bonds is 4. The predicted octanol–water partition coefficient (Wildman–Crippen LogP) is 1.10. The highest BCUT2D eigenvalue weighted by Crippen LogP contribution is 2.10. The molecule has 0 aromatic rings. The summed E-state index contributed by atoms with van der Waals surface area (Å²) in [5.41, 5.74) is 0. The van der Waals surface area contributed by atoms with Crippen molar-refractivity contribution in [1.29, 1.82) is 0 Å². The van der Waals surface area contributed by atoms with Gasteiger partial charge in [0.1, 0.15) is 6.79 Å². The number of carboxylic acid groups (broad SMARTS) is 1. The first-order chi connectivity index (χ1) is 6.25. The van der Waals surface area contributed by atoms with E-state index in [1.807, 2.05) is 6.92 Å². The maximum atomic E-state index is 10.8. The summed E-state index contributed by atoms with van der Waals surface area (Å²) in [7, 11) is 0. The van der Waals surface area contributed by atoms with E-state index in [1.54, 1.807) is 0 Å². The van der Waals surface area contributed by atoms with E-state index in [9.17, 15) is 4.79 Å². The van der Waals surface area contributed by atoms with Gasteiger partial charge in [0, 0.05) is 6.54 Å². The van der Waals surface area contributed by atoms with Crippen molar-refractivity contribution in [1.82, 2.24) is 4.90 Å². The van der Waals surface area contributed by atoms with Crippen LogP contribution < -0.4 is 0 Å². The van der Waals surface area contributed by atoms with E-state index in [4.69, 9.17) is 14.6 Å². The summed E-state index contributed by atoms with van der Waals surface area (Å²) in [4.78, 5) is 12.1. The lowest BCUT2D eigenvalue weighted by molar-refractivity contribution is -0.0169. The smallest absolute Gasteiger partial charge is 0.409 e. The first kappa shape index (κ1) is 10.3. The number of hydrogen-bond acceptors (Lipinski definition) is 3. The zero-order chi connectivity index (χ0) is 9.68. The summed E-state index contributed by atoms with van der Waals surface area (Å²) in [5.74, 6) is 0. The van der Waals surface area contributed by atoms with Crippen LogP contribution in [0.5, 0.6) is 0 Å². The predicted molar refractivity (Wildman–Crippen MR) is 45.3 cm³/mol. The van der Waals surface area contributed by atoms with Crippen molar-refractivity contribution in [3.8, 4) is 0 Å². The summed E-state index contributed by atoms with van der Waals surface area (Å²) in [6.07, 6.45) is 0.469. The van der Waals surface area contributed by atoms with Gasteiger partial charge in [-0.15, -0.1) is 0 Å². The van der Waals surface area contributed by atoms with E-state index in [2.05, 4.69) is 0 Å². The lowest BCUT2D eigenvalue weighted by Crippen LogP contribution is -2.41. The third kappa shape index (κ3) is 2.86. The molecule has 0 saturated carbocycles. The summed E-state index contributed by atoms with van der Waals surface area (Å²) >= 11 is 0. The zero-order valence-electron chi connectivity index (χ0n) is 7.73. The van der Waals surface area contributed by atoms with Gasteiger partial charge in [-0.2, -0.15) is 0 Å². The molecule has 1 unspecified atom stereocenters. The third-order valence-corrected chi connectivity index (χ3v) is 1.95. The highest BCUT2D eigenvalue weighted by atomic mass is 16.7. The van der Waals surface area contributed by atoms with Crippen molar-refractivity contribution < 1.29 is 19.4 Å². The Morgan fingerprint density at radius 3 is 2.92 bits per heavy atom. The molecule has 5 nitrogen and oxygen atoms in total. The molecule has 0 aromatic heterocycles. The minimum atomic E-state index is -0.941. The van der Waals surface area contributed by atoms with Crippen molar-refractivity contribution >= 4 is 6.09 Å². The largest absolute Gasteiger partial charge is 0.465 e. The average Bonchev–Trinajstić information content (AvgIpc) is 2.57. The number of amides is 1. The van der Waals surface area contributed by atoms with Gasteiger partial charge in [0.2, 0.25) is 0 Å². The molecule has 76 valence electrons. The molecule has 1 atom stereocenters. The lowest BCUT2D eigenvalue weighted by Gasteiger charge is -2.23. The highest BCUT2D eigenvalue weighted by molar-refractivity contribution is 5.65. The van der Waals surface area contributed by atoms with Crippen LogP contribution in [0.25, 0.3) is 0 Å². The van der Waals surface area contributed by atoms with Crippen molar-refractivity contribution in [2.24, 2.45) is 0 Å². The Kier molecular flexibility index (Phi) is 3.98. The van der Waals surface area contributed by atoms with Crippen LogP contribution in [0.4, 0.5) is 4.79 Å². The Morgan fingerprint density at radius 2 is 2.46 bits per heavy atom. The van der Waals surface area contributed by atoms with Gasteiger partial charge in [-0.3, -0.25) is 4.90 Å². The maximum Gasteiger partial charge on any atom is 0.409 e. The molecule has 1 saturated heterocycles. The number of hydrogen-bond donors (Lipinski definition) is 1. The second-order valence-electron chi connectivity index (χ2n) is 2.94. The normalized spacial score (nSPS) is 21.8. The molecule has 1 N–H and O–H groups in total. The van der Waals surface area contributed by atoms with Crippen LogP contribution in [-0.4, -0.2) is 42.3 Å². The summed E-state index contributed by atoms with van der Waals surface area (Å²) in [6.45, 7) is 3.07. The molecule has 0 radical (unpaired) electrons. The minimum Gasteiger partial charge on any atom is -0.465 e. The van der Waals surface area contributed by atoms with E-state index in [0.717, 1.165) is 12.8 Å². The van der Waals surface area contributed by atoms with Gasteiger partial charge in [0.15, 0.2) is 6.23 Å². The van der Waals surface area contributed by atoms with Crippen molar-refractivity contribution in [2.45, 2.75) is 26.0 Å². The van der Waals surface area contributed by atoms with Crippen molar-refractivity contribution in [3.05, 3.63) is 0 Å². The fourth-order valence-electron chi connectivity index (χ4n) is 1.19. The Bertz CT molecular complexity index is 168. The van der Waals surface area contributed by atoms with Crippen LogP contribution in [0.3, 0.4) is 0 Å². The van der Waals surface area contributed by atoms with Gasteiger partial charge in [-0.05, 0) is 6.42 Å². The Hall–Kier alpha value is -0.810. The van der Waals surface area contributed by atoms with Gasteiger partial charge >= 0.3 is 6.09 Å². The van der Waals surface area contributed by atoms with E-state index >= 15 is 0 Å². The van der Waals surface area contributed by atoms with Crippen molar-refractivity contribution in [2.75, 3.05) is 19.9 Å². The molecule has 1 amide bonds. The molecule has 1 fully saturated rings. The minimum absolute atomic E-state index is 0.195. The van der Waals surface area contributed by atoms with Gasteiger partial charge in [-0.25, -0.2) is 4.79 Å². The van der Waals surface area contributed by atoms with Crippen LogP contribution in [0, 0.1) is 0 Å². The number of ether oxygens (including phenoxy) is 2. The number of nitrogens with zero attached hydrogens (tertiary/aromatic N) is 1. The number of unbranched alkanes of at least 4 members (excludes halogenated alkanes) is 1. The monoisotopic (exact) mass is 189 g/mol. The van der Waals surface area contributed by atoms with E-state index < -0.39 is 12.3 Å². The average molecular weight is 189 g/mol. The maximum absolute atomic E-state index is 10.8. The molecule has 1 rings (SSSR count). The molecule has 0 aromatic carbocycles. The van der Waals surface area contributed by atoms with E-state index in [0.29, 0.717) is 13.2 Å². The molecule has 1 aliphatic heterocycles. The Labute approximate surface area is 77.2 Å². The van der Waals surface area contributed by atoms with Crippen LogP contribution in [0.15, 0.2) is 0 Å². The summed E-state index contributed by atoms with van der Waals surface area (Å²) in [6, 6.07) is 0. The van der Waals surface area contributed by atoms with E-state index in [-0.39, 0.29) is 6.79 Å². The second-order valence-corrected chi connectivity index (χ2v) is 2.94. The SMILES string of the molecule is CCCCN(C(=O)O)C1COCO1. The molecule has 0 aliphatic carbocycles. The van der Waals surface area contributed by atoms with E-state index in [1.165, 1.54) is 4.90 Å². The van der Waals surface area contributed by atoms with Crippen LogP contribution >= 0.6 is 0 Å². The van der Waals surface area contributed by atoms with Gasteiger partial charge < -0.3 is 14.6 Å². The molecular weight excluding hydrogens is 174 g/mol. The molecule has 0 spiro atoms. The van der Waals surface area contributed by atoms with Crippen LogP contribution in [-0.2, 0) is 9.47 Å².